The molecule has 0 aromatic carbocycles. The van der Waals surface area contributed by atoms with Crippen LogP contribution in [0.4, 0.5) is 17.2 Å². The number of hydrogen-bond acceptors (Lipinski definition) is 8. The van der Waals surface area contributed by atoms with Gasteiger partial charge in [-0.05, 0) is 30.9 Å². The van der Waals surface area contributed by atoms with Crippen molar-refractivity contribution < 1.29 is 9.53 Å². The predicted molar refractivity (Wildman–Crippen MR) is 128 cm³/mol. The van der Waals surface area contributed by atoms with Crippen molar-refractivity contribution in [3.05, 3.63) is 58.9 Å². The summed E-state index contributed by atoms with van der Waals surface area (Å²) in [5.74, 6) is 1.17. The van der Waals surface area contributed by atoms with Crippen LogP contribution in [-0.2, 0) is 11.8 Å². The lowest BCUT2D eigenvalue weighted by molar-refractivity contribution is -0.000686. The number of rotatable bonds is 6. The number of fused-ring (bicyclic) bond motifs is 2. The van der Waals surface area contributed by atoms with Crippen molar-refractivity contribution in [2.45, 2.75) is 25.0 Å². The Bertz CT molecular complexity index is 1490. The lowest BCUT2D eigenvalue weighted by Gasteiger charge is -2.39. The van der Waals surface area contributed by atoms with Gasteiger partial charge < -0.3 is 20.7 Å². The summed E-state index contributed by atoms with van der Waals surface area (Å²) in [6.45, 7) is 0.751. The molecule has 0 unspecified atom stereocenters. The van der Waals surface area contributed by atoms with E-state index in [1.54, 1.807) is 55.4 Å². The highest BCUT2D eigenvalue weighted by molar-refractivity contribution is 5.94. The van der Waals surface area contributed by atoms with Gasteiger partial charge in [-0.3, -0.25) is 18.8 Å². The van der Waals surface area contributed by atoms with Crippen LogP contribution >= 0.6 is 0 Å². The highest BCUT2D eigenvalue weighted by Crippen LogP contribution is 2.38. The van der Waals surface area contributed by atoms with E-state index in [2.05, 4.69) is 31.1 Å². The Labute approximate surface area is 199 Å². The fraction of sp³-hybridized carbons (Fsp3) is 0.348. The van der Waals surface area contributed by atoms with Gasteiger partial charge in [0.2, 0.25) is 0 Å². The van der Waals surface area contributed by atoms with Gasteiger partial charge >= 0.3 is 0 Å². The minimum absolute atomic E-state index is 0.00000951. The number of imidazole rings is 1. The molecule has 5 heterocycles. The lowest BCUT2D eigenvalue weighted by Crippen LogP contribution is -2.54. The van der Waals surface area contributed by atoms with Crippen molar-refractivity contribution in [2.75, 3.05) is 24.3 Å². The largest absolute Gasteiger partial charge is 0.385 e. The van der Waals surface area contributed by atoms with E-state index in [0.717, 1.165) is 19.4 Å². The molecule has 12 nitrogen and oxygen atoms in total. The van der Waals surface area contributed by atoms with Gasteiger partial charge in [0.05, 0.1) is 24.0 Å². The molecular formula is C23H25N9O3. The third-order valence-electron chi connectivity index (χ3n) is 6.66. The summed E-state index contributed by atoms with van der Waals surface area (Å²) in [5.41, 5.74) is 1.51. The molecule has 3 N–H and O–H groups in total. The van der Waals surface area contributed by atoms with E-state index in [-0.39, 0.29) is 23.6 Å². The monoisotopic (exact) mass is 475 g/mol. The van der Waals surface area contributed by atoms with Gasteiger partial charge in [0.1, 0.15) is 5.69 Å². The van der Waals surface area contributed by atoms with Crippen molar-refractivity contribution in [3.63, 3.8) is 0 Å². The summed E-state index contributed by atoms with van der Waals surface area (Å²) in [6, 6.07) is 6.92. The van der Waals surface area contributed by atoms with Gasteiger partial charge in [0, 0.05) is 45.2 Å². The van der Waals surface area contributed by atoms with E-state index < -0.39 is 0 Å². The summed E-state index contributed by atoms with van der Waals surface area (Å²) >= 11 is 0. The number of carbonyl (C=O) groups is 1. The molecule has 0 spiro atoms. The third kappa shape index (κ3) is 3.62. The minimum atomic E-state index is -0.279. The Kier molecular flexibility index (Phi) is 5.02. The first kappa shape index (κ1) is 21.4. The van der Waals surface area contributed by atoms with Gasteiger partial charge in [-0.2, -0.15) is 5.10 Å². The lowest BCUT2D eigenvalue weighted by atomic mass is 9.77. The Balaban J connectivity index is 1.31. The molecule has 4 aromatic heterocycles. The second kappa shape index (κ2) is 8.24. The minimum Gasteiger partial charge on any atom is -0.385 e. The fourth-order valence-corrected chi connectivity index (χ4v) is 4.81. The van der Waals surface area contributed by atoms with E-state index >= 15 is 0 Å². The molecule has 35 heavy (non-hydrogen) atoms. The average Bonchev–Trinajstić information content (AvgIpc) is 3.56. The number of nitrogens with zero attached hydrogens (tertiary/aromatic N) is 6. The molecule has 1 saturated heterocycles. The first-order chi connectivity index (χ1) is 17.0. The molecule has 12 heteroatoms. The zero-order chi connectivity index (χ0) is 24.1. The van der Waals surface area contributed by atoms with Crippen LogP contribution in [0.2, 0.25) is 0 Å². The first-order valence-corrected chi connectivity index (χ1v) is 11.5. The van der Waals surface area contributed by atoms with Gasteiger partial charge in [0.15, 0.2) is 23.0 Å². The first-order valence-electron chi connectivity index (χ1n) is 11.5. The molecule has 1 aliphatic heterocycles. The summed E-state index contributed by atoms with van der Waals surface area (Å²) in [6.07, 6.45) is 7.00. The molecule has 2 fully saturated rings. The molecule has 0 radical (unpaired) electrons. The van der Waals surface area contributed by atoms with Crippen LogP contribution in [0, 0.1) is 5.92 Å². The van der Waals surface area contributed by atoms with E-state index in [0.29, 0.717) is 40.3 Å². The van der Waals surface area contributed by atoms with Gasteiger partial charge in [0.25, 0.3) is 11.5 Å². The van der Waals surface area contributed by atoms with Crippen LogP contribution in [0.15, 0.2) is 47.7 Å². The molecule has 1 aliphatic carbocycles. The number of amides is 1. The number of carbonyl (C=O) groups excluding carboxylic acids is 1. The Morgan fingerprint density at radius 3 is 2.86 bits per heavy atom. The van der Waals surface area contributed by atoms with Crippen molar-refractivity contribution in [3.8, 4) is 5.82 Å². The average molecular weight is 476 g/mol. The van der Waals surface area contributed by atoms with Gasteiger partial charge in [-0.25, -0.2) is 9.50 Å². The molecule has 3 atom stereocenters. The molecule has 6 rings (SSSR count). The third-order valence-corrected chi connectivity index (χ3v) is 6.66. The second-order valence-electron chi connectivity index (χ2n) is 8.84. The summed E-state index contributed by atoms with van der Waals surface area (Å²) in [5, 5.41) is 18.1. The molecule has 1 amide bonds. The molecule has 1 saturated carbocycles. The maximum atomic E-state index is 13.1. The van der Waals surface area contributed by atoms with Crippen molar-refractivity contribution in [2.24, 2.45) is 13.0 Å². The zero-order valence-corrected chi connectivity index (χ0v) is 19.3. The number of hydrogen-bond donors (Lipinski definition) is 3. The number of aromatic nitrogens is 6. The van der Waals surface area contributed by atoms with Crippen LogP contribution < -0.4 is 21.5 Å². The van der Waals surface area contributed by atoms with Crippen molar-refractivity contribution in [1.82, 2.24) is 34.3 Å². The molecular weight excluding hydrogens is 450 g/mol. The highest BCUT2D eigenvalue weighted by Gasteiger charge is 2.46. The Morgan fingerprint density at radius 2 is 2.09 bits per heavy atom. The predicted octanol–water partition coefficient (Wildman–Crippen LogP) is 1.31. The summed E-state index contributed by atoms with van der Waals surface area (Å²) < 4.78 is 10.3. The number of anilines is 3. The molecule has 2 aliphatic rings. The second-order valence-corrected chi connectivity index (χ2v) is 8.84. The quantitative estimate of drug-likeness (QED) is 0.380. The number of pyridine rings is 1. The summed E-state index contributed by atoms with van der Waals surface area (Å²) in [4.78, 5) is 30.5. The van der Waals surface area contributed by atoms with Crippen LogP contribution in [0.5, 0.6) is 0 Å². The Hall–Kier alpha value is -4.19. The van der Waals surface area contributed by atoms with E-state index in [9.17, 15) is 9.59 Å². The van der Waals surface area contributed by atoms with Crippen molar-refractivity contribution >= 4 is 28.7 Å². The maximum absolute atomic E-state index is 13.1. The van der Waals surface area contributed by atoms with Crippen molar-refractivity contribution in [1.29, 1.82) is 0 Å². The standard InChI is InChI=1S/C23H25N9O3/c1-24-16-11-18(26-14-4-3-7-31(23(14)34)19-5-8-30(2)29-19)28-32-17(12-25-21(16)32)22(33)27-15-10-13-6-9-35-20(13)15/h3-5,7-8,11-13,15,20,24H,6,9-10H2,1-2H3,(H,26,28)(H,27,33)/t13-,15-,20-/m1/s1. The maximum Gasteiger partial charge on any atom is 0.280 e. The topological polar surface area (TPSA) is 132 Å². The fourth-order valence-electron chi connectivity index (χ4n) is 4.81. The number of aryl methyl sites for hydroxylation is 1. The zero-order valence-electron chi connectivity index (χ0n) is 19.3. The summed E-state index contributed by atoms with van der Waals surface area (Å²) in [7, 11) is 3.55. The van der Waals surface area contributed by atoms with E-state index in [4.69, 9.17) is 4.74 Å². The van der Waals surface area contributed by atoms with Crippen LogP contribution in [0.25, 0.3) is 11.5 Å². The molecule has 0 bridgehead atoms. The van der Waals surface area contributed by atoms with E-state index in [1.165, 1.54) is 15.3 Å². The number of nitrogens with one attached hydrogen (secondary N) is 3. The molecule has 180 valence electrons. The smallest absolute Gasteiger partial charge is 0.280 e. The SMILES string of the molecule is CNc1cc(Nc2cccn(-c3ccn(C)n3)c2=O)nn2c(C(=O)N[C@@H]3C[C@H]4CCO[C@H]43)cnc12. The van der Waals surface area contributed by atoms with Gasteiger partial charge in [-0.1, -0.05) is 0 Å². The van der Waals surface area contributed by atoms with Crippen LogP contribution in [0.1, 0.15) is 23.3 Å². The highest BCUT2D eigenvalue weighted by atomic mass is 16.5. The number of ether oxygens (including phenoxy) is 1. The normalized spacial score (nSPS) is 20.9. The molecule has 4 aromatic rings. The Morgan fingerprint density at radius 1 is 1.20 bits per heavy atom. The van der Waals surface area contributed by atoms with E-state index in [1.807, 2.05) is 0 Å². The van der Waals surface area contributed by atoms with Gasteiger partial charge in [-0.15, -0.1) is 5.10 Å². The van der Waals surface area contributed by atoms with Crippen LogP contribution in [-0.4, -0.2) is 60.7 Å². The van der Waals surface area contributed by atoms with Crippen LogP contribution in [0.3, 0.4) is 0 Å².